The Kier molecular flexibility index (Phi) is 6.61. The Balaban J connectivity index is 1.52. The number of nitrogens with zero attached hydrogens (tertiary/aromatic N) is 2. The molecular formula is C23H28N2O3S. The minimum absolute atomic E-state index is 0.353. The highest BCUT2D eigenvalue weighted by Crippen LogP contribution is 2.26. The van der Waals surface area contributed by atoms with E-state index in [0.717, 1.165) is 26.1 Å². The van der Waals surface area contributed by atoms with Gasteiger partial charge < -0.3 is 9.64 Å². The zero-order valence-electron chi connectivity index (χ0n) is 17.3. The van der Waals surface area contributed by atoms with Gasteiger partial charge in [0.1, 0.15) is 5.75 Å². The van der Waals surface area contributed by atoms with Gasteiger partial charge in [0, 0.05) is 31.8 Å². The Bertz CT molecular complexity index is 1010. The topological polar surface area (TPSA) is 70.4 Å². The van der Waals surface area contributed by atoms with Crippen molar-refractivity contribution in [2.24, 2.45) is 11.8 Å². The van der Waals surface area contributed by atoms with E-state index in [4.69, 9.17) is 10.00 Å². The third-order valence-corrected chi connectivity index (χ3v) is 6.88. The van der Waals surface area contributed by atoms with Crippen molar-refractivity contribution in [3.8, 4) is 11.8 Å². The van der Waals surface area contributed by atoms with Gasteiger partial charge >= 0.3 is 0 Å². The van der Waals surface area contributed by atoms with Gasteiger partial charge in [0.05, 0.1) is 23.1 Å². The molecule has 0 bridgehead atoms. The van der Waals surface area contributed by atoms with Crippen LogP contribution >= 0.6 is 0 Å². The van der Waals surface area contributed by atoms with E-state index in [-0.39, 0.29) is 0 Å². The summed E-state index contributed by atoms with van der Waals surface area (Å²) in [6.07, 6.45) is 2.16. The SMILES string of the molecule is Cc1cc(OCC2CN(CCc3cccc(C#N)c3)CC2C)ccc1S(C)(=O)=O. The van der Waals surface area contributed by atoms with E-state index in [1.54, 1.807) is 25.1 Å². The molecule has 0 radical (unpaired) electrons. The fourth-order valence-corrected chi connectivity index (χ4v) is 4.92. The number of benzene rings is 2. The van der Waals surface area contributed by atoms with Gasteiger partial charge in [-0.15, -0.1) is 0 Å². The zero-order valence-corrected chi connectivity index (χ0v) is 18.1. The first kappa shape index (κ1) is 21.4. The van der Waals surface area contributed by atoms with E-state index in [9.17, 15) is 8.42 Å². The average molecular weight is 413 g/mol. The van der Waals surface area contributed by atoms with Crippen molar-refractivity contribution >= 4 is 9.84 Å². The smallest absolute Gasteiger partial charge is 0.175 e. The molecule has 0 aliphatic carbocycles. The number of likely N-dealkylation sites (tertiary alicyclic amines) is 1. The summed E-state index contributed by atoms with van der Waals surface area (Å²) in [5.41, 5.74) is 2.62. The summed E-state index contributed by atoms with van der Waals surface area (Å²) in [5, 5.41) is 9.03. The summed E-state index contributed by atoms with van der Waals surface area (Å²) >= 11 is 0. The fraction of sp³-hybridized carbons (Fsp3) is 0.435. The van der Waals surface area contributed by atoms with Gasteiger partial charge in [0.2, 0.25) is 0 Å². The van der Waals surface area contributed by atoms with Crippen LogP contribution in [-0.4, -0.2) is 45.8 Å². The Labute approximate surface area is 173 Å². The second-order valence-electron chi connectivity index (χ2n) is 8.07. The largest absolute Gasteiger partial charge is 0.493 e. The van der Waals surface area contributed by atoms with Crippen LogP contribution in [0.25, 0.3) is 0 Å². The normalized spacial score (nSPS) is 19.8. The number of nitriles is 1. The molecule has 0 aromatic heterocycles. The van der Waals surface area contributed by atoms with Crippen LogP contribution < -0.4 is 4.74 Å². The summed E-state index contributed by atoms with van der Waals surface area (Å²) in [7, 11) is -3.21. The van der Waals surface area contributed by atoms with E-state index in [1.165, 1.54) is 11.8 Å². The molecule has 1 saturated heterocycles. The van der Waals surface area contributed by atoms with Crippen molar-refractivity contribution in [2.45, 2.75) is 25.2 Å². The molecular weight excluding hydrogens is 384 g/mol. The van der Waals surface area contributed by atoms with Gasteiger partial charge in [0.25, 0.3) is 0 Å². The molecule has 1 heterocycles. The van der Waals surface area contributed by atoms with Crippen LogP contribution in [0.1, 0.15) is 23.6 Å². The maximum Gasteiger partial charge on any atom is 0.175 e. The van der Waals surface area contributed by atoms with E-state index in [0.29, 0.717) is 40.2 Å². The van der Waals surface area contributed by atoms with Gasteiger partial charge in [0.15, 0.2) is 9.84 Å². The number of ether oxygens (including phenoxy) is 1. The molecule has 1 aliphatic heterocycles. The van der Waals surface area contributed by atoms with E-state index < -0.39 is 9.84 Å². The lowest BCUT2D eigenvalue weighted by Gasteiger charge is -2.17. The van der Waals surface area contributed by atoms with Crippen molar-refractivity contribution in [3.63, 3.8) is 0 Å². The number of hydrogen-bond acceptors (Lipinski definition) is 5. The van der Waals surface area contributed by atoms with Crippen LogP contribution in [0.15, 0.2) is 47.4 Å². The summed E-state index contributed by atoms with van der Waals surface area (Å²) in [6, 6.07) is 15.2. The van der Waals surface area contributed by atoms with Gasteiger partial charge in [-0.05, 0) is 60.7 Å². The van der Waals surface area contributed by atoms with E-state index in [1.807, 2.05) is 18.2 Å². The second-order valence-corrected chi connectivity index (χ2v) is 10.1. The molecule has 3 rings (SSSR count). The molecule has 29 heavy (non-hydrogen) atoms. The van der Waals surface area contributed by atoms with Crippen molar-refractivity contribution in [3.05, 3.63) is 59.2 Å². The summed E-state index contributed by atoms with van der Waals surface area (Å²) < 4.78 is 29.5. The third-order valence-electron chi connectivity index (χ3n) is 5.63. The van der Waals surface area contributed by atoms with Crippen LogP contribution in [0.2, 0.25) is 0 Å². The lowest BCUT2D eigenvalue weighted by atomic mass is 9.99. The predicted octanol–water partition coefficient (Wildman–Crippen LogP) is 3.46. The van der Waals surface area contributed by atoms with Crippen molar-refractivity contribution in [2.75, 3.05) is 32.5 Å². The second kappa shape index (κ2) is 8.98. The molecule has 1 aliphatic rings. The first-order valence-corrected chi connectivity index (χ1v) is 11.8. The zero-order chi connectivity index (χ0) is 21.0. The molecule has 6 heteroatoms. The molecule has 2 atom stereocenters. The minimum atomic E-state index is -3.21. The summed E-state index contributed by atoms with van der Waals surface area (Å²) in [5.74, 6) is 1.70. The molecule has 2 aromatic rings. The molecule has 2 aromatic carbocycles. The summed E-state index contributed by atoms with van der Waals surface area (Å²) in [6.45, 7) is 7.67. The van der Waals surface area contributed by atoms with Crippen molar-refractivity contribution in [1.82, 2.24) is 4.90 Å². The van der Waals surface area contributed by atoms with Gasteiger partial charge in [-0.3, -0.25) is 0 Å². The predicted molar refractivity (Wildman–Crippen MR) is 114 cm³/mol. The molecule has 0 amide bonds. The minimum Gasteiger partial charge on any atom is -0.493 e. The molecule has 5 nitrogen and oxygen atoms in total. The monoisotopic (exact) mass is 412 g/mol. The average Bonchev–Trinajstić information content (AvgIpc) is 3.03. The Hall–Kier alpha value is -2.36. The van der Waals surface area contributed by atoms with Crippen LogP contribution in [0.3, 0.4) is 0 Å². The van der Waals surface area contributed by atoms with Gasteiger partial charge in [-0.25, -0.2) is 8.42 Å². The first-order chi connectivity index (χ1) is 13.8. The molecule has 2 unspecified atom stereocenters. The van der Waals surface area contributed by atoms with Crippen LogP contribution in [-0.2, 0) is 16.3 Å². The highest BCUT2D eigenvalue weighted by molar-refractivity contribution is 7.90. The lowest BCUT2D eigenvalue weighted by Crippen LogP contribution is -2.24. The lowest BCUT2D eigenvalue weighted by molar-refractivity contribution is 0.225. The van der Waals surface area contributed by atoms with E-state index in [2.05, 4.69) is 24.0 Å². The number of hydrogen-bond donors (Lipinski definition) is 0. The highest BCUT2D eigenvalue weighted by atomic mass is 32.2. The number of aryl methyl sites for hydroxylation is 1. The maximum absolute atomic E-state index is 11.7. The molecule has 154 valence electrons. The van der Waals surface area contributed by atoms with Gasteiger partial charge in [-0.2, -0.15) is 5.26 Å². The van der Waals surface area contributed by atoms with Gasteiger partial charge in [-0.1, -0.05) is 19.1 Å². The number of rotatable bonds is 7. The van der Waals surface area contributed by atoms with Crippen LogP contribution in [0.4, 0.5) is 0 Å². The molecule has 1 fully saturated rings. The van der Waals surface area contributed by atoms with Crippen molar-refractivity contribution < 1.29 is 13.2 Å². The fourth-order valence-electron chi connectivity index (χ4n) is 3.96. The quantitative estimate of drug-likeness (QED) is 0.696. The Morgan fingerprint density at radius 1 is 1.21 bits per heavy atom. The molecule has 0 N–H and O–H groups in total. The molecule has 0 spiro atoms. The van der Waals surface area contributed by atoms with Crippen LogP contribution in [0.5, 0.6) is 5.75 Å². The maximum atomic E-state index is 11.7. The summed E-state index contributed by atoms with van der Waals surface area (Å²) in [4.78, 5) is 2.81. The van der Waals surface area contributed by atoms with Crippen LogP contribution in [0, 0.1) is 30.1 Å². The highest BCUT2D eigenvalue weighted by Gasteiger charge is 2.29. The number of sulfone groups is 1. The molecule has 0 saturated carbocycles. The Morgan fingerprint density at radius 2 is 2.00 bits per heavy atom. The first-order valence-electron chi connectivity index (χ1n) is 9.91. The Morgan fingerprint density at radius 3 is 2.69 bits per heavy atom. The standard InChI is InChI=1S/C23H28N2O3S/c1-17-11-22(7-8-23(17)29(3,26)27)28-16-21-15-25(14-18(21)2)10-9-19-5-4-6-20(12-19)13-24/h4-8,11-12,18,21H,9-10,14-16H2,1-3H3. The van der Waals surface area contributed by atoms with E-state index >= 15 is 0 Å². The third kappa shape index (κ3) is 5.59. The van der Waals surface area contributed by atoms with Crippen molar-refractivity contribution in [1.29, 1.82) is 5.26 Å².